The fourth-order valence-corrected chi connectivity index (χ4v) is 1.38. The number of rotatable bonds is 5. The van der Waals surface area contributed by atoms with Gasteiger partial charge in [-0.2, -0.15) is 0 Å². The smallest absolute Gasteiger partial charge is 0.336 e. The zero-order valence-corrected chi connectivity index (χ0v) is 12.4. The number of carbonyl (C=O) groups excluding carboxylic acids is 1. The molecule has 0 unspecified atom stereocenters. The van der Waals surface area contributed by atoms with Crippen molar-refractivity contribution in [1.82, 2.24) is 0 Å². The van der Waals surface area contributed by atoms with E-state index in [0.29, 0.717) is 12.0 Å². The van der Waals surface area contributed by atoms with E-state index >= 15 is 0 Å². The van der Waals surface area contributed by atoms with Crippen molar-refractivity contribution in [2.24, 2.45) is 0 Å². The van der Waals surface area contributed by atoms with Gasteiger partial charge in [0.15, 0.2) is 5.78 Å². The first-order chi connectivity index (χ1) is 7.16. The molecule has 3 nitrogen and oxygen atoms in total. The number of benzene rings is 1. The van der Waals surface area contributed by atoms with Crippen LogP contribution in [0.15, 0.2) is 24.3 Å². The van der Waals surface area contributed by atoms with Crippen LogP contribution in [0.1, 0.15) is 46.9 Å². The van der Waals surface area contributed by atoms with E-state index in [1.807, 2.05) is 6.92 Å². The average Bonchev–Trinajstić information content (AvgIpc) is 2.25. The van der Waals surface area contributed by atoms with E-state index in [9.17, 15) is 9.59 Å². The first kappa shape index (κ1) is 15.0. The van der Waals surface area contributed by atoms with Crippen molar-refractivity contribution in [2.75, 3.05) is 0 Å². The Morgan fingerprint density at radius 2 is 1.75 bits per heavy atom. The molecule has 1 aromatic carbocycles. The quantitative estimate of drug-likeness (QED) is 0.662. The molecule has 0 saturated heterocycles. The minimum absolute atomic E-state index is 0. The summed E-state index contributed by atoms with van der Waals surface area (Å²) in [5.74, 6) is -1.13. The van der Waals surface area contributed by atoms with Crippen LogP contribution in [-0.4, -0.2) is 16.9 Å². The van der Waals surface area contributed by atoms with Gasteiger partial charge in [-0.25, -0.2) is 4.79 Å². The van der Waals surface area contributed by atoms with E-state index < -0.39 is 5.97 Å². The van der Waals surface area contributed by atoms with E-state index in [2.05, 4.69) is 0 Å². The standard InChI is InChI=1S/C12H14O3.Zn/c1-2-3-8-11(13)9-6-4-5-7-10(9)12(14)15;/h4-7H,2-3,8H2,1H3,(H,14,15);. The molecule has 1 aromatic rings. The van der Waals surface area contributed by atoms with Crippen molar-refractivity contribution in [1.29, 1.82) is 0 Å². The molecule has 0 fully saturated rings. The van der Waals surface area contributed by atoms with Crippen LogP contribution in [0, 0.1) is 0 Å². The Labute approximate surface area is 108 Å². The van der Waals surface area contributed by atoms with Crippen LogP contribution < -0.4 is 0 Å². The maximum Gasteiger partial charge on any atom is 0.336 e. The molecule has 0 amide bonds. The number of hydrogen-bond donors (Lipinski definition) is 1. The van der Waals surface area contributed by atoms with Crippen molar-refractivity contribution >= 4 is 11.8 Å². The van der Waals surface area contributed by atoms with Gasteiger partial charge in [-0.3, -0.25) is 4.79 Å². The van der Waals surface area contributed by atoms with Crippen molar-refractivity contribution in [2.45, 2.75) is 26.2 Å². The first-order valence-corrected chi connectivity index (χ1v) is 5.02. The van der Waals surface area contributed by atoms with Gasteiger partial charge in [0.25, 0.3) is 0 Å². The summed E-state index contributed by atoms with van der Waals surface area (Å²) < 4.78 is 0. The van der Waals surface area contributed by atoms with Crippen LogP contribution in [0.5, 0.6) is 0 Å². The molecule has 0 aliphatic carbocycles. The number of hydrogen-bond acceptors (Lipinski definition) is 2. The summed E-state index contributed by atoms with van der Waals surface area (Å²) in [5.41, 5.74) is 0.414. The van der Waals surface area contributed by atoms with Crippen LogP contribution in [-0.2, 0) is 19.5 Å². The first-order valence-electron chi connectivity index (χ1n) is 5.02. The fourth-order valence-electron chi connectivity index (χ4n) is 1.38. The number of carbonyl (C=O) groups is 2. The number of aromatic carboxylic acids is 1. The summed E-state index contributed by atoms with van der Waals surface area (Å²) in [4.78, 5) is 22.5. The molecule has 4 heteroatoms. The monoisotopic (exact) mass is 270 g/mol. The summed E-state index contributed by atoms with van der Waals surface area (Å²) in [5, 5.41) is 8.89. The number of ketones is 1. The Hall–Kier alpha value is -1.02. The Morgan fingerprint density at radius 3 is 2.25 bits per heavy atom. The Balaban J connectivity index is 0.00000225. The van der Waals surface area contributed by atoms with Crippen LogP contribution in [0.2, 0.25) is 0 Å². The zero-order chi connectivity index (χ0) is 11.3. The maximum atomic E-state index is 11.7. The Morgan fingerprint density at radius 1 is 1.19 bits per heavy atom. The second-order valence-electron chi connectivity index (χ2n) is 3.38. The van der Waals surface area contributed by atoms with Crippen LogP contribution in [0.4, 0.5) is 0 Å². The van der Waals surface area contributed by atoms with E-state index in [-0.39, 0.29) is 30.8 Å². The van der Waals surface area contributed by atoms with E-state index in [0.717, 1.165) is 12.8 Å². The molecule has 0 aliphatic heterocycles. The van der Waals surface area contributed by atoms with E-state index in [1.165, 1.54) is 6.07 Å². The minimum atomic E-state index is -1.05. The number of carboxylic acid groups (broad SMARTS) is 1. The summed E-state index contributed by atoms with van der Waals surface area (Å²) in [7, 11) is 0. The molecule has 16 heavy (non-hydrogen) atoms. The second kappa shape index (κ2) is 7.29. The van der Waals surface area contributed by atoms with Gasteiger partial charge < -0.3 is 5.11 Å². The van der Waals surface area contributed by atoms with Gasteiger partial charge in [0, 0.05) is 31.5 Å². The molecule has 1 N–H and O–H groups in total. The van der Waals surface area contributed by atoms with Crippen molar-refractivity contribution in [3.63, 3.8) is 0 Å². The molecule has 0 aromatic heterocycles. The number of Topliss-reactive ketones (excluding diaryl/α,β-unsaturated/α-hetero) is 1. The van der Waals surface area contributed by atoms with Gasteiger partial charge in [0.2, 0.25) is 0 Å². The largest absolute Gasteiger partial charge is 0.478 e. The Bertz CT molecular complexity index is 374. The topological polar surface area (TPSA) is 54.4 Å². The van der Waals surface area contributed by atoms with Crippen LogP contribution >= 0.6 is 0 Å². The molecule has 0 radical (unpaired) electrons. The molecule has 0 atom stereocenters. The van der Waals surface area contributed by atoms with Gasteiger partial charge in [-0.15, -0.1) is 0 Å². The molecular weight excluding hydrogens is 258 g/mol. The summed E-state index contributed by atoms with van der Waals surface area (Å²) in [6.45, 7) is 2.00. The third-order valence-electron chi connectivity index (χ3n) is 2.22. The molecule has 0 spiro atoms. The predicted molar refractivity (Wildman–Crippen MR) is 57.3 cm³/mol. The van der Waals surface area contributed by atoms with Crippen molar-refractivity contribution in [3.8, 4) is 0 Å². The normalized spacial score (nSPS) is 9.31. The predicted octanol–water partition coefficient (Wildman–Crippen LogP) is 2.76. The van der Waals surface area contributed by atoms with E-state index in [1.54, 1.807) is 18.2 Å². The molecular formula is C12H14O3Zn. The van der Waals surface area contributed by atoms with E-state index in [4.69, 9.17) is 5.11 Å². The SMILES string of the molecule is CCCCC(=O)c1ccccc1C(=O)O.[Zn]. The Kier molecular flexibility index (Phi) is 6.83. The molecule has 82 valence electrons. The maximum absolute atomic E-state index is 11.7. The molecule has 0 bridgehead atoms. The molecule has 0 saturated carbocycles. The van der Waals surface area contributed by atoms with Gasteiger partial charge in [-0.1, -0.05) is 31.5 Å². The minimum Gasteiger partial charge on any atom is -0.478 e. The van der Waals surface area contributed by atoms with Crippen LogP contribution in [0.25, 0.3) is 0 Å². The van der Waals surface area contributed by atoms with Gasteiger partial charge in [0.1, 0.15) is 0 Å². The van der Waals surface area contributed by atoms with Crippen molar-refractivity contribution in [3.05, 3.63) is 35.4 Å². The van der Waals surface area contributed by atoms with Crippen LogP contribution in [0.3, 0.4) is 0 Å². The average molecular weight is 272 g/mol. The molecule has 0 heterocycles. The summed E-state index contributed by atoms with van der Waals surface area (Å²) in [6.07, 6.45) is 2.15. The fraction of sp³-hybridized carbons (Fsp3) is 0.333. The number of carboxylic acids is 1. The van der Waals surface area contributed by atoms with Gasteiger partial charge in [-0.05, 0) is 12.5 Å². The van der Waals surface area contributed by atoms with Gasteiger partial charge >= 0.3 is 5.97 Å². The number of unbranched alkanes of at least 4 members (excludes halogenated alkanes) is 1. The summed E-state index contributed by atoms with van der Waals surface area (Å²) in [6, 6.07) is 6.34. The summed E-state index contributed by atoms with van der Waals surface area (Å²) >= 11 is 0. The zero-order valence-electron chi connectivity index (χ0n) is 9.40. The van der Waals surface area contributed by atoms with Crippen molar-refractivity contribution < 1.29 is 34.2 Å². The second-order valence-corrected chi connectivity index (χ2v) is 3.38. The third-order valence-corrected chi connectivity index (χ3v) is 2.22. The molecule has 1 rings (SSSR count). The molecule has 0 aliphatic rings. The third kappa shape index (κ3) is 3.86. The van der Waals surface area contributed by atoms with Gasteiger partial charge in [0.05, 0.1) is 5.56 Å².